The zero-order chi connectivity index (χ0) is 14.1. The van der Waals surface area contributed by atoms with E-state index in [1.54, 1.807) is 0 Å². The Labute approximate surface area is 119 Å². The van der Waals surface area contributed by atoms with Crippen LogP contribution in [0.2, 0.25) is 0 Å². The Hall–Kier alpha value is -0.160. The van der Waals surface area contributed by atoms with Crippen LogP contribution in [0.4, 0.5) is 0 Å². The molecule has 0 aromatic rings. The maximum atomic E-state index is 5.35. The molecule has 0 aromatic carbocycles. The average molecular weight is 271 g/mol. The summed E-state index contributed by atoms with van der Waals surface area (Å²) in [5.74, 6) is 0. The molecule has 1 aliphatic rings. The van der Waals surface area contributed by atoms with Gasteiger partial charge in [0.2, 0.25) is 0 Å². The minimum absolute atomic E-state index is 0.638. The van der Waals surface area contributed by atoms with E-state index in [2.05, 4.69) is 36.1 Å². The minimum atomic E-state index is 0.638. The number of likely N-dealkylation sites (tertiary alicyclic amines) is 1. The molecule has 1 rings (SSSR count). The molecule has 0 bridgehead atoms. The van der Waals surface area contributed by atoms with Crippen LogP contribution in [-0.4, -0.2) is 75.4 Å². The van der Waals surface area contributed by atoms with Crippen molar-refractivity contribution in [1.29, 1.82) is 0 Å². The second kappa shape index (κ2) is 9.70. The normalized spacial score (nSPS) is 22.3. The highest BCUT2D eigenvalue weighted by Gasteiger charge is 2.28. The predicted molar refractivity (Wildman–Crippen MR) is 81.7 cm³/mol. The Morgan fingerprint density at radius 2 is 2.21 bits per heavy atom. The number of likely N-dealkylation sites (N-methyl/N-ethyl adjacent to an activating group) is 1. The van der Waals surface area contributed by atoms with E-state index < -0.39 is 0 Å². The van der Waals surface area contributed by atoms with Gasteiger partial charge in [-0.05, 0) is 60.3 Å². The summed E-state index contributed by atoms with van der Waals surface area (Å²) in [5, 5.41) is 3.56. The zero-order valence-electron chi connectivity index (χ0n) is 13.3. The topological polar surface area (TPSA) is 27.7 Å². The first-order chi connectivity index (χ1) is 9.15. The van der Waals surface area contributed by atoms with Crippen LogP contribution in [0.5, 0.6) is 0 Å². The van der Waals surface area contributed by atoms with Gasteiger partial charge in [-0.1, -0.05) is 0 Å². The van der Waals surface area contributed by atoms with Crippen LogP contribution in [0.15, 0.2) is 0 Å². The number of nitrogens with one attached hydrogen (secondary N) is 1. The average Bonchev–Trinajstić information content (AvgIpc) is 2.80. The summed E-state index contributed by atoms with van der Waals surface area (Å²) >= 11 is 0. The fourth-order valence-corrected chi connectivity index (χ4v) is 2.93. The van der Waals surface area contributed by atoms with Gasteiger partial charge in [-0.25, -0.2) is 0 Å². The van der Waals surface area contributed by atoms with Crippen molar-refractivity contribution in [2.45, 2.75) is 45.2 Å². The van der Waals surface area contributed by atoms with Gasteiger partial charge < -0.3 is 15.0 Å². The van der Waals surface area contributed by atoms with Crippen molar-refractivity contribution in [3.05, 3.63) is 0 Å². The Balaban J connectivity index is 2.15. The lowest BCUT2D eigenvalue weighted by Crippen LogP contribution is -2.46. The molecule has 1 fully saturated rings. The Morgan fingerprint density at radius 3 is 2.89 bits per heavy atom. The minimum Gasteiger partial charge on any atom is -0.382 e. The molecule has 0 radical (unpaired) electrons. The van der Waals surface area contributed by atoms with Crippen LogP contribution in [0.3, 0.4) is 0 Å². The van der Waals surface area contributed by atoms with Crippen molar-refractivity contribution < 1.29 is 4.74 Å². The molecular weight excluding hydrogens is 238 g/mol. The third kappa shape index (κ3) is 6.70. The number of hydrogen-bond acceptors (Lipinski definition) is 4. The lowest BCUT2D eigenvalue weighted by molar-refractivity contribution is 0.141. The Bertz CT molecular complexity index is 223. The van der Waals surface area contributed by atoms with E-state index in [4.69, 9.17) is 4.74 Å². The van der Waals surface area contributed by atoms with Gasteiger partial charge >= 0.3 is 0 Å². The molecular formula is C15H33N3O. The van der Waals surface area contributed by atoms with E-state index in [9.17, 15) is 0 Å². The monoisotopic (exact) mass is 271 g/mol. The first kappa shape index (κ1) is 16.9. The molecule has 0 spiro atoms. The molecule has 4 heteroatoms. The van der Waals surface area contributed by atoms with Gasteiger partial charge in [0.15, 0.2) is 0 Å². The summed E-state index contributed by atoms with van der Waals surface area (Å²) in [4.78, 5) is 4.99. The van der Waals surface area contributed by atoms with Gasteiger partial charge in [0.05, 0.1) is 0 Å². The molecule has 0 aliphatic carbocycles. The number of ether oxygens (including phenoxy) is 1. The van der Waals surface area contributed by atoms with E-state index in [1.165, 1.54) is 25.9 Å². The summed E-state index contributed by atoms with van der Waals surface area (Å²) in [6.45, 7) is 10.7. The van der Waals surface area contributed by atoms with Gasteiger partial charge in [-0.2, -0.15) is 0 Å². The first-order valence-electron chi connectivity index (χ1n) is 7.84. The fourth-order valence-electron chi connectivity index (χ4n) is 2.93. The summed E-state index contributed by atoms with van der Waals surface area (Å²) in [5.41, 5.74) is 0. The van der Waals surface area contributed by atoms with Crippen molar-refractivity contribution in [2.24, 2.45) is 0 Å². The molecule has 1 saturated heterocycles. The van der Waals surface area contributed by atoms with Crippen molar-refractivity contribution in [1.82, 2.24) is 15.1 Å². The fraction of sp³-hybridized carbons (Fsp3) is 1.00. The molecule has 1 heterocycles. The van der Waals surface area contributed by atoms with Crippen molar-refractivity contribution >= 4 is 0 Å². The summed E-state index contributed by atoms with van der Waals surface area (Å²) in [6, 6.07) is 1.38. The SMILES string of the molecule is CCOCCCNCC(C)N1CCCC1CN(C)C. The van der Waals surface area contributed by atoms with E-state index in [-0.39, 0.29) is 0 Å². The van der Waals surface area contributed by atoms with Crippen LogP contribution in [-0.2, 0) is 4.74 Å². The van der Waals surface area contributed by atoms with Gasteiger partial charge in [0.1, 0.15) is 0 Å². The van der Waals surface area contributed by atoms with Gasteiger partial charge in [0, 0.05) is 38.4 Å². The van der Waals surface area contributed by atoms with E-state index in [0.717, 1.165) is 38.8 Å². The molecule has 0 saturated carbocycles. The number of nitrogens with zero attached hydrogens (tertiary/aromatic N) is 2. The third-order valence-electron chi connectivity index (χ3n) is 3.85. The highest BCUT2D eigenvalue weighted by atomic mass is 16.5. The van der Waals surface area contributed by atoms with Crippen LogP contribution in [0, 0.1) is 0 Å². The zero-order valence-corrected chi connectivity index (χ0v) is 13.3. The molecule has 0 aromatic heterocycles. The molecule has 2 atom stereocenters. The first-order valence-corrected chi connectivity index (χ1v) is 7.84. The predicted octanol–water partition coefficient (Wildman–Crippen LogP) is 1.42. The van der Waals surface area contributed by atoms with Gasteiger partial charge in [-0.15, -0.1) is 0 Å². The summed E-state index contributed by atoms with van der Waals surface area (Å²) in [7, 11) is 4.35. The standard InChI is InChI=1S/C15H33N3O/c1-5-19-11-7-9-16-12-14(2)18-10-6-8-15(18)13-17(3)4/h14-16H,5-13H2,1-4H3. The van der Waals surface area contributed by atoms with E-state index in [1.807, 2.05) is 6.92 Å². The number of rotatable bonds is 10. The third-order valence-corrected chi connectivity index (χ3v) is 3.85. The molecule has 1 N–H and O–H groups in total. The maximum absolute atomic E-state index is 5.35. The van der Waals surface area contributed by atoms with Crippen LogP contribution in [0.1, 0.15) is 33.1 Å². The smallest absolute Gasteiger partial charge is 0.0477 e. The highest BCUT2D eigenvalue weighted by Crippen LogP contribution is 2.20. The number of hydrogen-bond donors (Lipinski definition) is 1. The Kier molecular flexibility index (Phi) is 8.62. The van der Waals surface area contributed by atoms with Crippen molar-refractivity contribution in [3.63, 3.8) is 0 Å². The van der Waals surface area contributed by atoms with E-state index >= 15 is 0 Å². The largest absolute Gasteiger partial charge is 0.382 e. The summed E-state index contributed by atoms with van der Waals surface area (Å²) < 4.78 is 5.35. The van der Waals surface area contributed by atoms with Crippen LogP contribution in [0.25, 0.3) is 0 Å². The second-order valence-electron chi connectivity index (χ2n) is 5.90. The summed E-state index contributed by atoms with van der Waals surface area (Å²) in [6.07, 6.45) is 3.82. The lowest BCUT2D eigenvalue weighted by Gasteiger charge is -2.32. The molecule has 19 heavy (non-hydrogen) atoms. The highest BCUT2D eigenvalue weighted by molar-refractivity contribution is 4.85. The quantitative estimate of drug-likeness (QED) is 0.608. The molecule has 2 unspecified atom stereocenters. The van der Waals surface area contributed by atoms with Gasteiger partial charge in [0.25, 0.3) is 0 Å². The van der Waals surface area contributed by atoms with Crippen LogP contribution < -0.4 is 5.32 Å². The van der Waals surface area contributed by atoms with Crippen LogP contribution >= 0.6 is 0 Å². The lowest BCUT2D eigenvalue weighted by atomic mass is 10.2. The maximum Gasteiger partial charge on any atom is 0.0477 e. The second-order valence-corrected chi connectivity index (χ2v) is 5.90. The van der Waals surface area contributed by atoms with Gasteiger partial charge in [-0.3, -0.25) is 4.90 Å². The van der Waals surface area contributed by atoms with Crippen molar-refractivity contribution in [2.75, 3.05) is 53.5 Å². The Morgan fingerprint density at radius 1 is 1.42 bits per heavy atom. The van der Waals surface area contributed by atoms with Crippen molar-refractivity contribution in [3.8, 4) is 0 Å². The molecule has 4 nitrogen and oxygen atoms in total. The molecule has 0 amide bonds. The van der Waals surface area contributed by atoms with E-state index in [0.29, 0.717) is 6.04 Å². The molecule has 1 aliphatic heterocycles. The molecule has 114 valence electrons.